The zero-order chi connectivity index (χ0) is 13.0. The third-order valence-electron chi connectivity index (χ3n) is 2.73. The smallest absolute Gasteiger partial charge is 0.228 e. The lowest BCUT2D eigenvalue weighted by Gasteiger charge is -2.08. The number of benzene rings is 2. The van der Waals surface area contributed by atoms with Gasteiger partial charge in [0.15, 0.2) is 0 Å². The molecule has 3 heteroatoms. The van der Waals surface area contributed by atoms with Gasteiger partial charge in [0.2, 0.25) is 5.91 Å². The van der Waals surface area contributed by atoms with Gasteiger partial charge in [0.1, 0.15) is 5.82 Å². The molecule has 0 unspecified atom stereocenters. The normalized spacial score (nSPS) is 10.1. The minimum atomic E-state index is -0.350. The van der Waals surface area contributed by atoms with Crippen molar-refractivity contribution in [2.75, 3.05) is 5.32 Å². The zero-order valence-corrected chi connectivity index (χ0v) is 10.1. The molecule has 0 radical (unpaired) electrons. The Hall–Kier alpha value is -2.16. The Morgan fingerprint density at radius 1 is 1.11 bits per heavy atom. The molecule has 2 rings (SSSR count). The first kappa shape index (κ1) is 12.3. The Bertz CT molecular complexity index is 516. The van der Waals surface area contributed by atoms with Gasteiger partial charge in [-0.1, -0.05) is 36.4 Å². The Morgan fingerprint density at radius 2 is 1.78 bits per heavy atom. The van der Waals surface area contributed by atoms with Crippen LogP contribution >= 0.6 is 0 Å². The lowest BCUT2D eigenvalue weighted by atomic mass is 10.1. The molecular weight excluding hydrogens is 229 g/mol. The molecule has 0 aliphatic rings. The number of nitrogens with one attached hydrogen (secondary N) is 1. The average Bonchev–Trinajstić information content (AvgIpc) is 2.35. The van der Waals surface area contributed by atoms with E-state index in [-0.39, 0.29) is 18.1 Å². The molecule has 0 bridgehead atoms. The highest BCUT2D eigenvalue weighted by molar-refractivity contribution is 5.92. The number of rotatable bonds is 3. The van der Waals surface area contributed by atoms with Gasteiger partial charge >= 0.3 is 0 Å². The van der Waals surface area contributed by atoms with Gasteiger partial charge in [0, 0.05) is 5.69 Å². The zero-order valence-electron chi connectivity index (χ0n) is 10.1. The molecule has 1 N–H and O–H groups in total. The van der Waals surface area contributed by atoms with E-state index in [2.05, 4.69) is 5.32 Å². The Kier molecular flexibility index (Phi) is 3.72. The number of hydrogen-bond acceptors (Lipinski definition) is 1. The van der Waals surface area contributed by atoms with Gasteiger partial charge in [0.25, 0.3) is 0 Å². The molecule has 2 aromatic rings. The Balaban J connectivity index is 2.06. The molecule has 0 saturated heterocycles. The van der Waals surface area contributed by atoms with E-state index in [9.17, 15) is 9.18 Å². The van der Waals surface area contributed by atoms with Crippen LogP contribution in [0.25, 0.3) is 0 Å². The predicted molar refractivity (Wildman–Crippen MR) is 69.9 cm³/mol. The second kappa shape index (κ2) is 5.45. The lowest BCUT2D eigenvalue weighted by Crippen LogP contribution is -2.15. The van der Waals surface area contributed by atoms with Crippen LogP contribution in [0.2, 0.25) is 0 Å². The van der Waals surface area contributed by atoms with Crippen molar-refractivity contribution < 1.29 is 9.18 Å². The molecule has 92 valence electrons. The topological polar surface area (TPSA) is 29.1 Å². The number of amides is 1. The van der Waals surface area contributed by atoms with E-state index in [1.165, 1.54) is 6.07 Å². The first-order valence-corrected chi connectivity index (χ1v) is 5.75. The lowest BCUT2D eigenvalue weighted by molar-refractivity contribution is -0.115. The van der Waals surface area contributed by atoms with Gasteiger partial charge in [-0.15, -0.1) is 0 Å². The summed E-state index contributed by atoms with van der Waals surface area (Å²) < 4.78 is 13.4. The first-order valence-electron chi connectivity index (χ1n) is 5.75. The molecule has 1 amide bonds. The molecule has 0 heterocycles. The van der Waals surface area contributed by atoms with E-state index in [1.807, 2.05) is 31.2 Å². The maximum atomic E-state index is 13.4. The minimum absolute atomic E-state index is 0.0427. The van der Waals surface area contributed by atoms with Crippen LogP contribution in [0.5, 0.6) is 0 Å². The molecule has 0 atom stereocenters. The molecule has 2 nitrogen and oxygen atoms in total. The number of carbonyl (C=O) groups is 1. The van der Waals surface area contributed by atoms with E-state index in [4.69, 9.17) is 0 Å². The average molecular weight is 243 g/mol. The highest BCUT2D eigenvalue weighted by Gasteiger charge is 2.08. The number of halogens is 1. The van der Waals surface area contributed by atoms with Gasteiger partial charge in [-0.05, 0) is 30.2 Å². The van der Waals surface area contributed by atoms with Crippen LogP contribution in [-0.2, 0) is 11.2 Å². The van der Waals surface area contributed by atoms with Crippen LogP contribution < -0.4 is 5.32 Å². The fourth-order valence-electron chi connectivity index (χ4n) is 1.72. The molecule has 0 saturated carbocycles. The summed E-state index contributed by atoms with van der Waals surface area (Å²) in [7, 11) is 0. The molecule has 18 heavy (non-hydrogen) atoms. The number of hydrogen-bond donors (Lipinski definition) is 1. The SMILES string of the molecule is Cc1ccccc1NC(=O)Cc1ccccc1F. The fraction of sp³-hybridized carbons (Fsp3) is 0.133. The van der Waals surface area contributed by atoms with Gasteiger partial charge in [-0.2, -0.15) is 0 Å². The number of carbonyl (C=O) groups excluding carboxylic acids is 1. The Labute approximate surface area is 105 Å². The van der Waals surface area contributed by atoms with Gasteiger partial charge < -0.3 is 5.32 Å². The summed E-state index contributed by atoms with van der Waals surface area (Å²) in [5.74, 6) is -0.563. The van der Waals surface area contributed by atoms with Crippen molar-refractivity contribution in [2.24, 2.45) is 0 Å². The van der Waals surface area contributed by atoms with Crippen molar-refractivity contribution in [3.05, 3.63) is 65.5 Å². The number of anilines is 1. The van der Waals surface area contributed by atoms with E-state index >= 15 is 0 Å². The molecule has 0 aliphatic heterocycles. The Morgan fingerprint density at radius 3 is 2.50 bits per heavy atom. The summed E-state index contributed by atoms with van der Waals surface area (Å²) in [5, 5.41) is 2.78. The van der Waals surface area contributed by atoms with Gasteiger partial charge in [-0.3, -0.25) is 4.79 Å². The first-order chi connectivity index (χ1) is 8.66. The minimum Gasteiger partial charge on any atom is -0.326 e. The van der Waals surface area contributed by atoms with Crippen LogP contribution in [0.4, 0.5) is 10.1 Å². The monoisotopic (exact) mass is 243 g/mol. The summed E-state index contributed by atoms with van der Waals surface area (Å²) in [4.78, 5) is 11.8. The van der Waals surface area contributed by atoms with Crippen LogP contribution in [-0.4, -0.2) is 5.91 Å². The van der Waals surface area contributed by atoms with E-state index in [0.29, 0.717) is 5.56 Å². The van der Waals surface area contributed by atoms with Crippen LogP contribution in [0.15, 0.2) is 48.5 Å². The molecule has 0 aliphatic carbocycles. The maximum Gasteiger partial charge on any atom is 0.228 e. The van der Waals surface area contributed by atoms with Crippen LogP contribution in [0.3, 0.4) is 0 Å². The molecule has 0 fully saturated rings. The van der Waals surface area contributed by atoms with Crippen molar-refractivity contribution in [1.29, 1.82) is 0 Å². The maximum absolute atomic E-state index is 13.4. The van der Waals surface area contributed by atoms with Gasteiger partial charge in [-0.25, -0.2) is 4.39 Å². The summed E-state index contributed by atoms with van der Waals surface area (Å²) in [6, 6.07) is 13.8. The predicted octanol–water partition coefficient (Wildman–Crippen LogP) is 3.32. The van der Waals surface area contributed by atoms with Crippen molar-refractivity contribution in [2.45, 2.75) is 13.3 Å². The third kappa shape index (κ3) is 2.94. The van der Waals surface area contributed by atoms with Crippen molar-refractivity contribution in [1.82, 2.24) is 0 Å². The summed E-state index contributed by atoms with van der Waals surface area (Å²) >= 11 is 0. The van der Waals surface area contributed by atoms with Gasteiger partial charge in [0.05, 0.1) is 6.42 Å². The molecule has 2 aromatic carbocycles. The molecular formula is C15H14FNO. The molecule has 0 aromatic heterocycles. The quantitative estimate of drug-likeness (QED) is 0.880. The van der Waals surface area contributed by atoms with E-state index < -0.39 is 0 Å². The summed E-state index contributed by atoms with van der Waals surface area (Å²) in [5.41, 5.74) is 2.15. The summed E-state index contributed by atoms with van der Waals surface area (Å²) in [6.07, 6.45) is 0.0427. The molecule has 0 spiro atoms. The largest absolute Gasteiger partial charge is 0.326 e. The fourth-order valence-corrected chi connectivity index (χ4v) is 1.72. The van der Waals surface area contributed by atoms with Crippen molar-refractivity contribution in [3.8, 4) is 0 Å². The van der Waals surface area contributed by atoms with Crippen molar-refractivity contribution >= 4 is 11.6 Å². The second-order valence-electron chi connectivity index (χ2n) is 4.13. The number of para-hydroxylation sites is 1. The van der Waals surface area contributed by atoms with Crippen LogP contribution in [0.1, 0.15) is 11.1 Å². The highest BCUT2D eigenvalue weighted by Crippen LogP contribution is 2.14. The number of aryl methyl sites for hydroxylation is 1. The van der Waals surface area contributed by atoms with E-state index in [1.54, 1.807) is 18.2 Å². The highest BCUT2D eigenvalue weighted by atomic mass is 19.1. The second-order valence-corrected chi connectivity index (χ2v) is 4.13. The van der Waals surface area contributed by atoms with E-state index in [0.717, 1.165) is 11.3 Å². The van der Waals surface area contributed by atoms with Crippen molar-refractivity contribution in [3.63, 3.8) is 0 Å². The third-order valence-corrected chi connectivity index (χ3v) is 2.73. The van der Waals surface area contributed by atoms with Crippen LogP contribution in [0, 0.1) is 12.7 Å². The summed E-state index contributed by atoms with van der Waals surface area (Å²) in [6.45, 7) is 1.92. The standard InChI is InChI=1S/C15H14FNO/c1-11-6-2-5-9-14(11)17-15(18)10-12-7-3-4-8-13(12)16/h2-9H,10H2,1H3,(H,17,18).